The van der Waals surface area contributed by atoms with E-state index in [9.17, 15) is 23.2 Å². The summed E-state index contributed by atoms with van der Waals surface area (Å²) in [5.41, 5.74) is -1.43. The first-order valence-corrected chi connectivity index (χ1v) is 7.39. The SMILES string of the molecule is CC(C)(C(=O)ON1C(=O)c2ccccc2C1=O)c1ccc(F)cc1F. The van der Waals surface area contributed by atoms with E-state index in [1.54, 1.807) is 12.1 Å². The lowest BCUT2D eigenvalue weighted by Crippen LogP contribution is -2.40. The van der Waals surface area contributed by atoms with Crippen molar-refractivity contribution in [1.29, 1.82) is 0 Å². The van der Waals surface area contributed by atoms with Crippen molar-refractivity contribution < 1.29 is 28.0 Å². The lowest BCUT2D eigenvalue weighted by atomic mass is 9.84. The fourth-order valence-corrected chi connectivity index (χ4v) is 2.55. The molecule has 0 bridgehead atoms. The van der Waals surface area contributed by atoms with E-state index >= 15 is 0 Å². The van der Waals surface area contributed by atoms with E-state index in [1.807, 2.05) is 0 Å². The van der Waals surface area contributed by atoms with E-state index in [-0.39, 0.29) is 16.7 Å². The first kappa shape index (κ1) is 16.8. The molecule has 25 heavy (non-hydrogen) atoms. The van der Waals surface area contributed by atoms with E-state index in [4.69, 9.17) is 4.84 Å². The largest absolute Gasteiger partial charge is 0.343 e. The molecule has 0 N–H and O–H groups in total. The molecule has 128 valence electrons. The van der Waals surface area contributed by atoms with Gasteiger partial charge in [0, 0.05) is 11.6 Å². The van der Waals surface area contributed by atoms with Crippen LogP contribution in [0.2, 0.25) is 0 Å². The molecule has 0 unspecified atom stereocenters. The summed E-state index contributed by atoms with van der Waals surface area (Å²) in [5.74, 6) is -4.28. The molecule has 0 radical (unpaired) electrons. The maximum Gasteiger partial charge on any atom is 0.343 e. The van der Waals surface area contributed by atoms with E-state index < -0.39 is 34.8 Å². The van der Waals surface area contributed by atoms with Crippen molar-refractivity contribution in [3.63, 3.8) is 0 Å². The van der Waals surface area contributed by atoms with E-state index in [0.29, 0.717) is 11.1 Å². The van der Waals surface area contributed by atoms with Crippen LogP contribution in [0.15, 0.2) is 42.5 Å². The molecule has 7 heteroatoms. The van der Waals surface area contributed by atoms with E-state index in [2.05, 4.69) is 0 Å². The van der Waals surface area contributed by atoms with Crippen LogP contribution in [0, 0.1) is 11.6 Å². The number of hydrogen-bond acceptors (Lipinski definition) is 4. The van der Waals surface area contributed by atoms with Gasteiger partial charge < -0.3 is 4.84 Å². The number of carbonyl (C=O) groups is 3. The van der Waals surface area contributed by atoms with Gasteiger partial charge in [-0.2, -0.15) is 0 Å². The van der Waals surface area contributed by atoms with Crippen molar-refractivity contribution in [3.05, 3.63) is 70.8 Å². The predicted octanol–water partition coefficient (Wildman–Crippen LogP) is 3.00. The third-order valence-electron chi connectivity index (χ3n) is 4.05. The molecule has 0 aromatic heterocycles. The lowest BCUT2D eigenvalue weighted by molar-refractivity contribution is -0.174. The Morgan fingerprint density at radius 2 is 1.56 bits per heavy atom. The Hall–Kier alpha value is -3.09. The molecule has 0 fully saturated rings. The molecule has 1 aliphatic heterocycles. The Morgan fingerprint density at radius 1 is 1.00 bits per heavy atom. The van der Waals surface area contributed by atoms with Crippen LogP contribution in [0.5, 0.6) is 0 Å². The Balaban J connectivity index is 1.87. The van der Waals surface area contributed by atoms with Crippen LogP contribution in [0.3, 0.4) is 0 Å². The zero-order chi connectivity index (χ0) is 18.4. The van der Waals surface area contributed by atoms with Gasteiger partial charge in [-0.25, -0.2) is 13.6 Å². The zero-order valence-corrected chi connectivity index (χ0v) is 13.4. The van der Waals surface area contributed by atoms with Gasteiger partial charge in [-0.05, 0) is 32.0 Å². The fourth-order valence-electron chi connectivity index (χ4n) is 2.55. The normalized spacial score (nSPS) is 13.8. The van der Waals surface area contributed by atoms with Crippen molar-refractivity contribution in [2.24, 2.45) is 0 Å². The molecular weight excluding hydrogens is 332 g/mol. The van der Waals surface area contributed by atoms with Crippen LogP contribution >= 0.6 is 0 Å². The summed E-state index contributed by atoms with van der Waals surface area (Å²) in [5, 5.41) is 0.357. The van der Waals surface area contributed by atoms with Crippen LogP contribution in [0.25, 0.3) is 0 Å². The van der Waals surface area contributed by atoms with Crippen LogP contribution in [0.1, 0.15) is 40.1 Å². The van der Waals surface area contributed by atoms with E-state index in [0.717, 1.165) is 12.1 Å². The van der Waals surface area contributed by atoms with Crippen LogP contribution in [-0.2, 0) is 15.0 Å². The average Bonchev–Trinajstić information content (AvgIpc) is 2.80. The number of nitrogens with zero attached hydrogens (tertiary/aromatic N) is 1. The molecule has 0 saturated carbocycles. The lowest BCUT2D eigenvalue weighted by Gasteiger charge is -2.25. The van der Waals surface area contributed by atoms with Crippen molar-refractivity contribution in [1.82, 2.24) is 5.06 Å². The number of hydrogen-bond donors (Lipinski definition) is 0. The minimum atomic E-state index is -1.55. The number of halogens is 2. The summed E-state index contributed by atoms with van der Waals surface area (Å²) < 4.78 is 27.1. The summed E-state index contributed by atoms with van der Waals surface area (Å²) in [6.45, 7) is 2.70. The molecule has 2 amide bonds. The number of fused-ring (bicyclic) bond motifs is 1. The number of hydroxylamine groups is 2. The summed E-state index contributed by atoms with van der Waals surface area (Å²) in [7, 11) is 0. The molecule has 2 aromatic carbocycles. The molecule has 5 nitrogen and oxygen atoms in total. The van der Waals surface area contributed by atoms with Gasteiger partial charge in [-0.15, -0.1) is 0 Å². The minimum absolute atomic E-state index is 0.115. The summed E-state index contributed by atoms with van der Waals surface area (Å²) in [6.07, 6.45) is 0. The topological polar surface area (TPSA) is 63.7 Å². The third kappa shape index (κ3) is 2.67. The highest BCUT2D eigenvalue weighted by molar-refractivity contribution is 6.21. The number of amides is 2. The Labute approximate surface area is 141 Å². The van der Waals surface area contributed by atoms with Crippen molar-refractivity contribution in [3.8, 4) is 0 Å². The molecule has 2 aromatic rings. The molecular formula is C18H13F2NO4. The summed E-state index contributed by atoms with van der Waals surface area (Å²) >= 11 is 0. The van der Waals surface area contributed by atoms with Crippen molar-refractivity contribution in [2.75, 3.05) is 0 Å². The Bertz CT molecular complexity index is 873. The van der Waals surface area contributed by atoms with Gasteiger partial charge in [-0.1, -0.05) is 23.3 Å². The van der Waals surface area contributed by atoms with Gasteiger partial charge in [0.05, 0.1) is 16.5 Å². The molecule has 0 saturated heterocycles. The Kier molecular flexibility index (Phi) is 3.87. The van der Waals surface area contributed by atoms with Crippen molar-refractivity contribution >= 4 is 17.8 Å². The maximum absolute atomic E-state index is 14.0. The molecule has 0 spiro atoms. The zero-order valence-electron chi connectivity index (χ0n) is 13.4. The summed E-state index contributed by atoms with van der Waals surface area (Å²) in [4.78, 5) is 41.9. The van der Waals surface area contributed by atoms with Gasteiger partial charge >= 0.3 is 5.97 Å². The quantitative estimate of drug-likeness (QED) is 0.802. The van der Waals surface area contributed by atoms with Gasteiger partial charge in [-0.3, -0.25) is 9.59 Å². The molecule has 1 heterocycles. The van der Waals surface area contributed by atoms with Crippen molar-refractivity contribution in [2.45, 2.75) is 19.3 Å². The van der Waals surface area contributed by atoms with Gasteiger partial charge in [0.1, 0.15) is 11.6 Å². The standard InChI is InChI=1S/C18H13F2NO4/c1-18(2,13-8-7-10(19)9-14(13)20)17(24)25-21-15(22)11-5-3-4-6-12(11)16(21)23/h3-9H,1-2H3. The molecule has 0 aliphatic carbocycles. The first-order chi connectivity index (χ1) is 11.7. The molecule has 3 rings (SSSR count). The van der Waals surface area contributed by atoms with Crippen LogP contribution < -0.4 is 0 Å². The summed E-state index contributed by atoms with van der Waals surface area (Å²) in [6, 6.07) is 8.80. The van der Waals surface area contributed by atoms with E-state index in [1.165, 1.54) is 26.0 Å². The molecule has 1 aliphatic rings. The highest BCUT2D eigenvalue weighted by Gasteiger charge is 2.42. The fraction of sp³-hybridized carbons (Fsp3) is 0.167. The second-order valence-electron chi connectivity index (χ2n) is 6.08. The van der Waals surface area contributed by atoms with Crippen LogP contribution in [-0.4, -0.2) is 22.8 Å². The van der Waals surface area contributed by atoms with Gasteiger partial charge in [0.25, 0.3) is 11.8 Å². The van der Waals surface area contributed by atoms with Gasteiger partial charge in [0.15, 0.2) is 0 Å². The highest BCUT2D eigenvalue weighted by Crippen LogP contribution is 2.30. The predicted molar refractivity (Wildman–Crippen MR) is 82.4 cm³/mol. The first-order valence-electron chi connectivity index (χ1n) is 7.39. The van der Waals surface area contributed by atoms with Gasteiger partial charge in [0.2, 0.25) is 0 Å². The second kappa shape index (κ2) is 5.77. The second-order valence-corrected chi connectivity index (χ2v) is 6.08. The molecule has 0 atom stereocenters. The third-order valence-corrected chi connectivity index (χ3v) is 4.05. The number of carbonyl (C=O) groups excluding carboxylic acids is 3. The number of imide groups is 1. The minimum Gasteiger partial charge on any atom is -0.329 e. The maximum atomic E-state index is 14.0. The average molecular weight is 345 g/mol. The van der Waals surface area contributed by atoms with Crippen LogP contribution in [0.4, 0.5) is 8.78 Å². The smallest absolute Gasteiger partial charge is 0.329 e. The highest BCUT2D eigenvalue weighted by atomic mass is 19.1. The Morgan fingerprint density at radius 3 is 2.08 bits per heavy atom. The monoisotopic (exact) mass is 345 g/mol. The number of rotatable bonds is 3. The number of benzene rings is 2.